The molecule has 0 heterocycles. The Morgan fingerprint density at radius 3 is 1.84 bits per heavy atom. The first-order valence-electron chi connectivity index (χ1n) is 11.3. The molecule has 0 saturated heterocycles. The van der Waals surface area contributed by atoms with E-state index in [0.29, 0.717) is 11.6 Å². The number of alkyl halides is 5. The fourth-order valence-electron chi connectivity index (χ4n) is 3.99. The van der Waals surface area contributed by atoms with E-state index < -0.39 is 79.5 Å². The van der Waals surface area contributed by atoms with Gasteiger partial charge in [0.2, 0.25) is 5.91 Å². The quantitative estimate of drug-likeness (QED) is 0.135. The Morgan fingerprint density at radius 1 is 0.721 bits per heavy atom. The molecule has 18 heteroatoms. The first-order valence-corrected chi connectivity index (χ1v) is 13.6. The van der Waals surface area contributed by atoms with Gasteiger partial charge in [-0.2, -0.15) is 13.2 Å². The number of benzene rings is 3. The van der Waals surface area contributed by atoms with Gasteiger partial charge in [0.1, 0.15) is 21.8 Å². The lowest BCUT2D eigenvalue weighted by Crippen LogP contribution is -2.30. The Labute approximate surface area is 267 Å². The highest BCUT2D eigenvalue weighted by molar-refractivity contribution is 6.54. The predicted octanol–water partition coefficient (Wildman–Crippen LogP) is 9.00. The Balaban J connectivity index is 1.56. The molecule has 228 valence electrons. The molecule has 0 spiro atoms. The van der Waals surface area contributed by atoms with E-state index in [1.807, 2.05) is 5.32 Å². The molecule has 0 aromatic heterocycles. The Bertz CT molecular complexity index is 1660. The van der Waals surface area contributed by atoms with Gasteiger partial charge in [0.05, 0.1) is 42.9 Å². The van der Waals surface area contributed by atoms with Gasteiger partial charge in [-0.3, -0.25) is 14.4 Å². The summed E-state index contributed by atoms with van der Waals surface area (Å²) in [6.45, 7) is 0. The van der Waals surface area contributed by atoms with Gasteiger partial charge in [0.15, 0.2) is 0 Å². The number of amides is 3. The summed E-state index contributed by atoms with van der Waals surface area (Å²) in [5.41, 5.74) is -2.64. The molecule has 6 nitrogen and oxygen atoms in total. The van der Waals surface area contributed by atoms with Crippen molar-refractivity contribution in [3.8, 4) is 0 Å². The second kappa shape index (κ2) is 12.1. The number of anilines is 3. The van der Waals surface area contributed by atoms with Gasteiger partial charge in [0.25, 0.3) is 5.91 Å². The van der Waals surface area contributed by atoms with Gasteiger partial charge in [-0.15, -0.1) is 23.2 Å². The van der Waals surface area contributed by atoms with Crippen LogP contribution in [-0.2, 0) is 9.59 Å². The smallest absolute Gasteiger partial charge is 0.326 e. The number of carbonyl (C=O) groups excluding carboxylic acids is 3. The van der Waals surface area contributed by atoms with Crippen molar-refractivity contribution in [1.82, 2.24) is 0 Å². The molecular weight excluding hydrogens is 717 g/mol. The standard InChI is InChI=1S/C25H11Cl6F6N3O3/c26-10-1-7(2-11(27)20(10)29)17-18(24(17,30)31)22(42)38-8-3-9(19(28)14(34)4-8)21(41)39-15-6-16(13(33)5-12(15)32)40-23(43)25(35,36)37/h1-6,17-18H,(H,38,42)(H,39,41)(H,40,43)/t17-,18?/m0/s1. The molecule has 0 bridgehead atoms. The van der Waals surface area contributed by atoms with E-state index in [1.165, 1.54) is 17.4 Å². The van der Waals surface area contributed by atoms with E-state index in [9.17, 15) is 40.7 Å². The maximum atomic E-state index is 14.6. The lowest BCUT2D eigenvalue weighted by molar-refractivity contribution is -0.167. The van der Waals surface area contributed by atoms with Crippen LogP contribution in [0, 0.1) is 23.4 Å². The van der Waals surface area contributed by atoms with Crippen molar-refractivity contribution in [1.29, 1.82) is 0 Å². The molecule has 1 fully saturated rings. The van der Waals surface area contributed by atoms with Crippen LogP contribution in [0.4, 0.5) is 43.4 Å². The lowest BCUT2D eigenvalue weighted by Gasteiger charge is -2.14. The van der Waals surface area contributed by atoms with E-state index >= 15 is 0 Å². The first-order chi connectivity index (χ1) is 19.8. The monoisotopic (exact) mass is 725 g/mol. The number of nitrogens with one attached hydrogen (secondary N) is 3. The molecule has 3 N–H and O–H groups in total. The molecule has 4 rings (SSSR count). The number of hydrogen-bond acceptors (Lipinski definition) is 3. The summed E-state index contributed by atoms with van der Waals surface area (Å²) in [6.07, 6.45) is -5.40. The second-order valence-electron chi connectivity index (χ2n) is 8.96. The first kappa shape index (κ1) is 33.3. The van der Waals surface area contributed by atoms with Gasteiger partial charge >= 0.3 is 12.1 Å². The van der Waals surface area contributed by atoms with Gasteiger partial charge in [-0.05, 0) is 35.9 Å². The zero-order valence-corrected chi connectivity index (χ0v) is 24.9. The third-order valence-corrected chi connectivity index (χ3v) is 8.57. The Hall–Kier alpha value is -2.61. The van der Waals surface area contributed by atoms with E-state index in [1.54, 1.807) is 0 Å². The average molecular weight is 728 g/mol. The second-order valence-corrected chi connectivity index (χ2v) is 12.0. The molecule has 3 aromatic rings. The summed E-state index contributed by atoms with van der Waals surface area (Å²) < 4.78 is 78.9. The average Bonchev–Trinajstić information content (AvgIpc) is 3.48. The third kappa shape index (κ3) is 6.89. The van der Waals surface area contributed by atoms with Crippen molar-refractivity contribution < 1.29 is 40.7 Å². The third-order valence-electron chi connectivity index (χ3n) is 6.05. The summed E-state index contributed by atoms with van der Waals surface area (Å²) in [4.78, 5) is 37.0. The van der Waals surface area contributed by atoms with Crippen LogP contribution in [0.25, 0.3) is 0 Å². The van der Waals surface area contributed by atoms with Crippen LogP contribution in [-0.4, -0.2) is 28.2 Å². The van der Waals surface area contributed by atoms with Crippen molar-refractivity contribution in [2.45, 2.75) is 16.4 Å². The molecule has 1 unspecified atom stereocenters. The zero-order valence-electron chi connectivity index (χ0n) is 20.4. The van der Waals surface area contributed by atoms with E-state index in [4.69, 9.17) is 69.6 Å². The summed E-state index contributed by atoms with van der Waals surface area (Å²) in [5, 5.41) is 4.84. The van der Waals surface area contributed by atoms with E-state index in [-0.39, 0.29) is 26.8 Å². The summed E-state index contributed by atoms with van der Waals surface area (Å²) in [6, 6.07) is 4.92. The molecule has 0 radical (unpaired) electrons. The highest BCUT2D eigenvalue weighted by atomic mass is 35.5. The highest BCUT2D eigenvalue weighted by Crippen LogP contribution is 2.65. The molecule has 43 heavy (non-hydrogen) atoms. The maximum Gasteiger partial charge on any atom is 0.471 e. The predicted molar refractivity (Wildman–Crippen MR) is 151 cm³/mol. The molecule has 3 aromatic carbocycles. The minimum atomic E-state index is -5.40. The van der Waals surface area contributed by atoms with Crippen molar-refractivity contribution in [2.75, 3.05) is 16.0 Å². The van der Waals surface area contributed by atoms with Crippen molar-refractivity contribution in [3.63, 3.8) is 0 Å². The molecule has 1 aliphatic carbocycles. The fraction of sp³-hybridized carbons (Fsp3) is 0.160. The van der Waals surface area contributed by atoms with Crippen LogP contribution < -0.4 is 16.0 Å². The van der Waals surface area contributed by atoms with Gasteiger partial charge in [-0.1, -0.05) is 46.4 Å². The largest absolute Gasteiger partial charge is 0.471 e. The van der Waals surface area contributed by atoms with Crippen molar-refractivity contribution in [2.24, 2.45) is 5.92 Å². The molecular formula is C25H11Cl6F6N3O3. The van der Waals surface area contributed by atoms with Crippen LogP contribution in [0.5, 0.6) is 0 Å². The zero-order chi connectivity index (χ0) is 32.2. The van der Waals surface area contributed by atoms with Crippen molar-refractivity contribution >= 4 is 104 Å². The number of carbonyl (C=O) groups is 3. The van der Waals surface area contributed by atoms with Crippen LogP contribution in [0.3, 0.4) is 0 Å². The summed E-state index contributed by atoms with van der Waals surface area (Å²) in [5.74, 6) is -10.9. The minimum Gasteiger partial charge on any atom is -0.326 e. The van der Waals surface area contributed by atoms with Crippen LogP contribution >= 0.6 is 69.6 Å². The van der Waals surface area contributed by atoms with Gasteiger partial charge in [-0.25, -0.2) is 13.2 Å². The van der Waals surface area contributed by atoms with Gasteiger partial charge < -0.3 is 16.0 Å². The van der Waals surface area contributed by atoms with E-state index in [0.717, 1.165) is 12.1 Å². The molecule has 1 saturated carbocycles. The van der Waals surface area contributed by atoms with Crippen molar-refractivity contribution in [3.05, 3.63) is 85.1 Å². The lowest BCUT2D eigenvalue weighted by atomic mass is 10.1. The Kier molecular flexibility index (Phi) is 9.33. The normalized spacial score (nSPS) is 17.3. The number of rotatable bonds is 6. The number of hydrogen-bond donors (Lipinski definition) is 3. The Morgan fingerprint density at radius 2 is 1.28 bits per heavy atom. The summed E-state index contributed by atoms with van der Waals surface area (Å²) >= 11 is 36.5. The fourth-order valence-corrected chi connectivity index (χ4v) is 5.63. The molecule has 2 atom stereocenters. The summed E-state index contributed by atoms with van der Waals surface area (Å²) in [7, 11) is 0. The maximum absolute atomic E-state index is 14.6. The minimum absolute atomic E-state index is 0.0636. The SMILES string of the molecule is O=C(Nc1cc(NC(=O)C(F)(F)F)c(F)cc1F)c1cc(NC(=O)C2[C@H](c3cc(Cl)c(Cl)c(Cl)c3)C2(Cl)Cl)cc(F)c1Cl. The van der Waals surface area contributed by atoms with Crippen LogP contribution in [0.15, 0.2) is 36.4 Å². The molecule has 1 aliphatic rings. The number of halogens is 12. The highest BCUT2D eigenvalue weighted by Gasteiger charge is 2.67. The van der Waals surface area contributed by atoms with Crippen LogP contribution in [0.2, 0.25) is 20.1 Å². The topological polar surface area (TPSA) is 87.3 Å². The van der Waals surface area contributed by atoms with Gasteiger partial charge in [0, 0.05) is 17.7 Å². The van der Waals surface area contributed by atoms with Crippen LogP contribution in [0.1, 0.15) is 21.8 Å². The molecule has 3 amide bonds. The van der Waals surface area contributed by atoms with E-state index in [2.05, 4.69) is 5.32 Å². The molecule has 0 aliphatic heterocycles.